The second-order valence-electron chi connectivity index (χ2n) is 5.50. The van der Waals surface area contributed by atoms with Crippen molar-refractivity contribution in [1.82, 2.24) is 25.6 Å². The number of benzene rings is 2. The van der Waals surface area contributed by atoms with Crippen LogP contribution in [0, 0.1) is 0 Å². The van der Waals surface area contributed by atoms with E-state index >= 15 is 0 Å². The van der Waals surface area contributed by atoms with Gasteiger partial charge in [-0.05, 0) is 17.3 Å². The molecule has 0 bridgehead atoms. The lowest BCUT2D eigenvalue weighted by atomic mass is 10.1. The lowest BCUT2D eigenvalue weighted by molar-refractivity contribution is -0.137. The van der Waals surface area contributed by atoms with Gasteiger partial charge in [-0.15, -0.1) is 10.2 Å². The highest BCUT2D eigenvalue weighted by Crippen LogP contribution is 2.35. The van der Waals surface area contributed by atoms with E-state index in [1.54, 1.807) is 24.3 Å². The fraction of sp³-hybridized carbons (Fsp3) is 0.118. The summed E-state index contributed by atoms with van der Waals surface area (Å²) >= 11 is 5.96. The molecule has 144 valence electrons. The number of tetrazole rings is 1. The third-order valence-electron chi connectivity index (χ3n) is 3.51. The van der Waals surface area contributed by atoms with Gasteiger partial charge in [0.05, 0.1) is 11.8 Å². The van der Waals surface area contributed by atoms with Crippen LogP contribution in [0.5, 0.6) is 0 Å². The van der Waals surface area contributed by atoms with Crippen LogP contribution in [0.1, 0.15) is 11.1 Å². The van der Waals surface area contributed by atoms with Crippen LogP contribution < -0.4 is 5.43 Å². The lowest BCUT2D eigenvalue weighted by Crippen LogP contribution is -2.24. The Morgan fingerprint density at radius 2 is 1.89 bits per heavy atom. The molecule has 0 aliphatic rings. The molecule has 1 heterocycles. The molecule has 1 amide bonds. The fourth-order valence-corrected chi connectivity index (χ4v) is 2.45. The van der Waals surface area contributed by atoms with Crippen LogP contribution in [0.15, 0.2) is 53.6 Å². The molecule has 0 aliphatic carbocycles. The molecule has 0 aliphatic heterocycles. The lowest BCUT2D eigenvalue weighted by Gasteiger charge is -2.09. The van der Waals surface area contributed by atoms with Crippen molar-refractivity contribution < 1.29 is 18.0 Å². The molecular weight excluding hydrogens is 397 g/mol. The largest absolute Gasteiger partial charge is 0.417 e. The summed E-state index contributed by atoms with van der Waals surface area (Å²) in [5.74, 6) is -0.823. The van der Waals surface area contributed by atoms with Gasteiger partial charge < -0.3 is 0 Å². The molecule has 0 atom stereocenters. The van der Waals surface area contributed by atoms with Crippen LogP contribution in [-0.4, -0.2) is 32.3 Å². The standard InChI is InChI=1S/C17H12ClF3N6O/c18-14-8-4-1-5-11(14)9-22-23-15(28)10-27-25-16(24-26-27)12-6-2-3-7-13(12)17(19,20)21/h1-9H,10H2,(H,23,28)/b22-9+. The minimum absolute atomic E-state index is 0.224. The fourth-order valence-electron chi connectivity index (χ4n) is 2.26. The van der Waals surface area contributed by atoms with Crippen LogP contribution in [0.3, 0.4) is 0 Å². The van der Waals surface area contributed by atoms with E-state index in [1.807, 2.05) is 0 Å². The van der Waals surface area contributed by atoms with Gasteiger partial charge in [-0.2, -0.15) is 23.1 Å². The Kier molecular flexibility index (Phi) is 5.69. The van der Waals surface area contributed by atoms with E-state index in [0.29, 0.717) is 10.6 Å². The third kappa shape index (κ3) is 4.71. The summed E-state index contributed by atoms with van der Waals surface area (Å²) in [5, 5.41) is 15.3. The van der Waals surface area contributed by atoms with Crippen molar-refractivity contribution in [3.8, 4) is 11.4 Å². The second kappa shape index (κ2) is 8.17. The van der Waals surface area contributed by atoms with Crippen LogP contribution in [-0.2, 0) is 17.5 Å². The molecule has 2 aromatic carbocycles. The van der Waals surface area contributed by atoms with Crippen LogP contribution in [0.4, 0.5) is 13.2 Å². The number of halogens is 4. The first-order valence-electron chi connectivity index (χ1n) is 7.85. The van der Waals surface area contributed by atoms with Gasteiger partial charge in [0.15, 0.2) is 0 Å². The van der Waals surface area contributed by atoms with Crippen molar-refractivity contribution in [3.63, 3.8) is 0 Å². The number of hydrogen-bond acceptors (Lipinski definition) is 5. The number of carbonyl (C=O) groups excluding carboxylic acids is 1. The zero-order chi connectivity index (χ0) is 20.1. The average molecular weight is 409 g/mol. The van der Waals surface area contributed by atoms with Crippen molar-refractivity contribution >= 4 is 23.7 Å². The minimum atomic E-state index is -4.56. The van der Waals surface area contributed by atoms with Crippen molar-refractivity contribution in [2.24, 2.45) is 5.10 Å². The van der Waals surface area contributed by atoms with Gasteiger partial charge in [0, 0.05) is 16.1 Å². The molecular formula is C17H12ClF3N6O. The number of carbonyl (C=O) groups is 1. The molecule has 1 N–H and O–H groups in total. The highest BCUT2D eigenvalue weighted by Gasteiger charge is 2.34. The molecule has 0 saturated carbocycles. The van der Waals surface area contributed by atoms with Crippen molar-refractivity contribution in [2.75, 3.05) is 0 Å². The highest BCUT2D eigenvalue weighted by molar-refractivity contribution is 6.33. The number of rotatable bonds is 5. The van der Waals surface area contributed by atoms with E-state index < -0.39 is 17.6 Å². The van der Waals surface area contributed by atoms with E-state index in [-0.39, 0.29) is 17.9 Å². The molecule has 0 saturated heterocycles. The predicted molar refractivity (Wildman–Crippen MR) is 95.4 cm³/mol. The molecule has 0 fully saturated rings. The maximum absolute atomic E-state index is 13.1. The van der Waals surface area contributed by atoms with Crippen LogP contribution in [0.2, 0.25) is 5.02 Å². The quantitative estimate of drug-likeness (QED) is 0.519. The minimum Gasteiger partial charge on any atom is -0.271 e. The molecule has 3 aromatic rings. The van der Waals surface area contributed by atoms with E-state index in [0.717, 1.165) is 10.9 Å². The first-order chi connectivity index (χ1) is 13.3. The number of alkyl halides is 3. The molecule has 1 aromatic heterocycles. The van der Waals surface area contributed by atoms with Crippen molar-refractivity contribution in [1.29, 1.82) is 0 Å². The monoisotopic (exact) mass is 408 g/mol. The Labute approximate surface area is 161 Å². The highest BCUT2D eigenvalue weighted by atomic mass is 35.5. The Morgan fingerprint density at radius 3 is 2.64 bits per heavy atom. The maximum atomic E-state index is 13.1. The molecule has 11 heteroatoms. The maximum Gasteiger partial charge on any atom is 0.417 e. The molecule has 0 spiro atoms. The number of nitrogens with zero attached hydrogens (tertiary/aromatic N) is 5. The Morgan fingerprint density at radius 1 is 1.18 bits per heavy atom. The van der Waals surface area contributed by atoms with E-state index in [4.69, 9.17) is 11.6 Å². The van der Waals surface area contributed by atoms with Gasteiger partial charge >= 0.3 is 6.18 Å². The van der Waals surface area contributed by atoms with Gasteiger partial charge in [-0.3, -0.25) is 4.79 Å². The topological polar surface area (TPSA) is 85.1 Å². The average Bonchev–Trinajstić information content (AvgIpc) is 3.11. The number of nitrogens with one attached hydrogen (secondary N) is 1. The van der Waals surface area contributed by atoms with Gasteiger partial charge in [-0.1, -0.05) is 48.0 Å². The second-order valence-corrected chi connectivity index (χ2v) is 5.91. The summed E-state index contributed by atoms with van der Waals surface area (Å²) in [7, 11) is 0. The van der Waals surface area contributed by atoms with Gasteiger partial charge in [0.2, 0.25) is 5.82 Å². The molecule has 3 rings (SSSR count). The predicted octanol–water partition coefficient (Wildman–Crippen LogP) is 3.16. The molecule has 0 unspecified atom stereocenters. The smallest absolute Gasteiger partial charge is 0.271 e. The zero-order valence-corrected chi connectivity index (χ0v) is 14.8. The first-order valence-corrected chi connectivity index (χ1v) is 8.23. The molecule has 0 radical (unpaired) electrons. The van der Waals surface area contributed by atoms with E-state index in [2.05, 4.69) is 25.9 Å². The summed E-state index contributed by atoms with van der Waals surface area (Å²) in [6.45, 7) is -0.374. The summed E-state index contributed by atoms with van der Waals surface area (Å²) < 4.78 is 39.3. The van der Waals surface area contributed by atoms with Gasteiger partial charge in [0.1, 0.15) is 6.54 Å². The normalized spacial score (nSPS) is 11.7. The number of hydrazone groups is 1. The van der Waals surface area contributed by atoms with Crippen LogP contribution >= 0.6 is 11.6 Å². The van der Waals surface area contributed by atoms with Crippen molar-refractivity contribution in [2.45, 2.75) is 12.7 Å². The Hall–Kier alpha value is -3.27. The summed E-state index contributed by atoms with van der Waals surface area (Å²) in [6, 6.07) is 11.7. The van der Waals surface area contributed by atoms with E-state index in [1.165, 1.54) is 24.4 Å². The van der Waals surface area contributed by atoms with Crippen LogP contribution in [0.25, 0.3) is 11.4 Å². The SMILES string of the molecule is O=C(Cn1nnc(-c2ccccc2C(F)(F)F)n1)N/N=C/c1ccccc1Cl. The summed E-state index contributed by atoms with van der Waals surface area (Å²) in [5.41, 5.74) is 1.75. The Bertz CT molecular complexity index is 1020. The summed E-state index contributed by atoms with van der Waals surface area (Å²) in [6.07, 6.45) is -3.20. The number of amides is 1. The first kappa shape index (κ1) is 19.5. The third-order valence-corrected chi connectivity index (χ3v) is 3.85. The number of aromatic nitrogens is 4. The zero-order valence-electron chi connectivity index (χ0n) is 14.1. The van der Waals surface area contributed by atoms with Gasteiger partial charge in [-0.25, -0.2) is 5.43 Å². The van der Waals surface area contributed by atoms with Crippen molar-refractivity contribution in [3.05, 3.63) is 64.7 Å². The van der Waals surface area contributed by atoms with E-state index in [9.17, 15) is 18.0 Å². The van der Waals surface area contributed by atoms with Gasteiger partial charge in [0.25, 0.3) is 5.91 Å². The summed E-state index contributed by atoms with van der Waals surface area (Å²) in [4.78, 5) is 12.8. The molecule has 28 heavy (non-hydrogen) atoms. The molecule has 7 nitrogen and oxygen atoms in total. The number of hydrogen-bond donors (Lipinski definition) is 1. The Balaban J connectivity index is 1.67.